The first-order chi connectivity index (χ1) is 19.9. The fourth-order valence-corrected chi connectivity index (χ4v) is 4.99. The van der Waals surface area contributed by atoms with Crippen molar-refractivity contribution in [2.45, 2.75) is 0 Å². The van der Waals surface area contributed by atoms with Crippen LogP contribution < -0.4 is 9.64 Å². The van der Waals surface area contributed by atoms with Crippen molar-refractivity contribution < 1.29 is 14.3 Å². The quantitative estimate of drug-likeness (QED) is 0.171. The molecule has 0 bridgehead atoms. The second-order valence-electron chi connectivity index (χ2n) is 9.72. The molecule has 0 N–H and O–H groups in total. The van der Waals surface area contributed by atoms with Crippen molar-refractivity contribution >= 4 is 40.8 Å². The maximum atomic E-state index is 11.3. The molecule has 0 aliphatic heterocycles. The minimum Gasteiger partial charge on any atom is -0.497 e. The molecule has 0 atom stereocenters. The van der Waals surface area contributed by atoms with Crippen molar-refractivity contribution in [3.63, 3.8) is 0 Å². The Balaban J connectivity index is 1.49. The highest BCUT2D eigenvalue weighted by molar-refractivity contribution is 5.84. The molecule has 2 aromatic heterocycles. The normalized spacial score (nSPS) is 10.7. The molecule has 0 aliphatic rings. The zero-order valence-electron chi connectivity index (χ0n) is 23.4. The molecule has 3 aromatic carbocycles. The summed E-state index contributed by atoms with van der Waals surface area (Å²) in [6.45, 7) is 8.57. The van der Waals surface area contributed by atoms with Gasteiger partial charge in [0.05, 0.1) is 18.5 Å². The van der Waals surface area contributed by atoms with E-state index in [1.165, 1.54) is 0 Å². The van der Waals surface area contributed by atoms with E-state index in [0.29, 0.717) is 11.4 Å². The van der Waals surface area contributed by atoms with Crippen LogP contribution in [0.1, 0.15) is 43.5 Å². The first-order valence-corrected chi connectivity index (χ1v) is 13.1. The third kappa shape index (κ3) is 5.15. The van der Waals surface area contributed by atoms with Gasteiger partial charge in [-0.1, -0.05) is 37.4 Å². The first-order valence-electron chi connectivity index (χ1n) is 13.1. The van der Waals surface area contributed by atoms with Gasteiger partial charge in [0.1, 0.15) is 5.75 Å². The van der Waals surface area contributed by atoms with Gasteiger partial charge < -0.3 is 18.8 Å². The Morgan fingerprint density at radius 3 is 1.29 bits per heavy atom. The molecule has 0 saturated carbocycles. The lowest BCUT2D eigenvalue weighted by Crippen LogP contribution is -2.10. The zero-order chi connectivity index (χ0) is 29.1. The lowest BCUT2D eigenvalue weighted by Gasteiger charge is -2.26. The number of carbonyl (C=O) groups is 2. The van der Waals surface area contributed by atoms with Crippen molar-refractivity contribution in [2.75, 3.05) is 12.0 Å². The number of aromatic nitrogens is 2. The Morgan fingerprint density at radius 2 is 0.976 bits per heavy atom. The number of benzene rings is 3. The zero-order valence-corrected chi connectivity index (χ0v) is 23.4. The fourth-order valence-electron chi connectivity index (χ4n) is 4.99. The van der Waals surface area contributed by atoms with E-state index >= 15 is 0 Å². The summed E-state index contributed by atoms with van der Waals surface area (Å²) >= 11 is 0. The molecule has 204 valence electrons. The molecule has 0 saturated heterocycles. The molecule has 6 heteroatoms. The van der Waals surface area contributed by atoms with Crippen molar-refractivity contribution in [1.29, 1.82) is 0 Å². The lowest BCUT2D eigenvalue weighted by molar-refractivity contribution is 0.110. The molecular formula is C35H31N3O3. The summed E-state index contributed by atoms with van der Waals surface area (Å²) in [6.07, 6.45) is 1.69. The molecular weight excluding hydrogens is 510 g/mol. The van der Waals surface area contributed by atoms with Crippen LogP contribution in [0.4, 0.5) is 17.1 Å². The van der Waals surface area contributed by atoms with Crippen LogP contribution in [-0.4, -0.2) is 28.8 Å². The summed E-state index contributed by atoms with van der Waals surface area (Å²) in [5, 5.41) is 0. The molecule has 5 aromatic rings. The van der Waals surface area contributed by atoms with Crippen molar-refractivity contribution in [3.8, 4) is 5.75 Å². The Hall–Kier alpha value is -5.36. The summed E-state index contributed by atoms with van der Waals surface area (Å²) < 4.78 is 9.07. The molecule has 0 fully saturated rings. The number of ether oxygens (including phenoxy) is 1. The Bertz CT molecular complexity index is 1630. The minimum atomic E-state index is 0.603. The fraction of sp³-hybridized carbons (Fsp3) is 0.0857. The van der Waals surface area contributed by atoms with Crippen LogP contribution in [0.5, 0.6) is 5.75 Å². The predicted octanol–water partition coefficient (Wildman–Crippen LogP) is 7.59. The number of rotatable bonds is 10. The molecule has 0 spiro atoms. The summed E-state index contributed by atoms with van der Waals surface area (Å²) in [5.74, 6) is 0.779. The van der Waals surface area contributed by atoms with Crippen molar-refractivity contribution in [3.05, 3.63) is 144 Å². The molecule has 0 radical (unpaired) electrons. The summed E-state index contributed by atoms with van der Waals surface area (Å²) in [5.41, 5.74) is 9.50. The molecule has 6 nitrogen and oxygen atoms in total. The molecule has 41 heavy (non-hydrogen) atoms. The second kappa shape index (κ2) is 11.4. The van der Waals surface area contributed by atoms with Gasteiger partial charge >= 0.3 is 0 Å². The number of hydrogen-bond donors (Lipinski definition) is 0. The van der Waals surface area contributed by atoms with E-state index in [4.69, 9.17) is 4.74 Å². The third-order valence-corrected chi connectivity index (χ3v) is 7.46. The van der Waals surface area contributed by atoms with Crippen LogP contribution in [0.25, 0.3) is 11.1 Å². The van der Waals surface area contributed by atoms with E-state index in [2.05, 4.69) is 42.3 Å². The van der Waals surface area contributed by atoms with E-state index in [-0.39, 0.29) is 0 Å². The number of anilines is 3. The van der Waals surface area contributed by atoms with E-state index in [1.807, 2.05) is 83.9 Å². The van der Waals surface area contributed by atoms with Gasteiger partial charge in [-0.05, 0) is 95.1 Å². The Morgan fingerprint density at radius 1 is 0.610 bits per heavy atom. The average Bonchev–Trinajstić information content (AvgIpc) is 3.58. The van der Waals surface area contributed by atoms with Crippen LogP contribution in [0.3, 0.4) is 0 Å². The number of nitrogens with zero attached hydrogens (tertiary/aromatic N) is 3. The van der Waals surface area contributed by atoms with E-state index in [0.717, 1.165) is 69.0 Å². The highest BCUT2D eigenvalue weighted by atomic mass is 16.5. The van der Waals surface area contributed by atoms with Crippen LogP contribution in [-0.2, 0) is 14.1 Å². The van der Waals surface area contributed by atoms with Gasteiger partial charge in [0, 0.05) is 42.5 Å². The van der Waals surface area contributed by atoms with Gasteiger partial charge in [-0.25, -0.2) is 0 Å². The van der Waals surface area contributed by atoms with E-state index in [9.17, 15) is 9.59 Å². The van der Waals surface area contributed by atoms with E-state index in [1.54, 1.807) is 19.2 Å². The predicted molar refractivity (Wildman–Crippen MR) is 166 cm³/mol. The van der Waals surface area contributed by atoms with Gasteiger partial charge in [-0.3, -0.25) is 9.59 Å². The SMILES string of the molecule is C=C(c1ccc(N(c2ccc(OC)cc2)c2ccc(C(=C)c3ccc(C=O)n3C)cc2)cc1)c1ccc(C=O)n1C. The summed E-state index contributed by atoms with van der Waals surface area (Å²) in [6, 6.07) is 31.7. The van der Waals surface area contributed by atoms with Crippen LogP contribution in [0.15, 0.2) is 110 Å². The summed E-state index contributed by atoms with van der Waals surface area (Å²) in [4.78, 5) is 24.8. The lowest BCUT2D eigenvalue weighted by atomic mass is 10.0. The van der Waals surface area contributed by atoms with Crippen LogP contribution >= 0.6 is 0 Å². The van der Waals surface area contributed by atoms with Gasteiger partial charge in [-0.2, -0.15) is 0 Å². The summed E-state index contributed by atoms with van der Waals surface area (Å²) in [7, 11) is 5.38. The number of methoxy groups -OCH3 is 1. The number of hydrogen-bond acceptors (Lipinski definition) is 4. The highest BCUT2D eigenvalue weighted by Crippen LogP contribution is 2.37. The van der Waals surface area contributed by atoms with Crippen LogP contribution in [0.2, 0.25) is 0 Å². The molecule has 5 rings (SSSR count). The Labute approximate surface area is 240 Å². The van der Waals surface area contributed by atoms with Gasteiger partial charge in [0.25, 0.3) is 0 Å². The smallest absolute Gasteiger partial charge is 0.166 e. The standard InChI is InChI=1S/C35H31N3O3/c1-24(34-20-16-31(22-39)36(34)3)26-6-10-28(11-7-26)38(30-14-18-33(41-5)19-15-30)29-12-8-27(9-13-29)25(2)35-21-17-32(23-40)37(35)4/h6-23H,1-2H2,3-5H3. The van der Waals surface area contributed by atoms with Crippen molar-refractivity contribution in [1.82, 2.24) is 9.13 Å². The Kier molecular flexibility index (Phi) is 7.57. The van der Waals surface area contributed by atoms with Crippen LogP contribution in [0, 0.1) is 0 Å². The monoisotopic (exact) mass is 541 g/mol. The van der Waals surface area contributed by atoms with E-state index < -0.39 is 0 Å². The molecule has 0 amide bonds. The highest BCUT2D eigenvalue weighted by Gasteiger charge is 2.16. The largest absolute Gasteiger partial charge is 0.497 e. The topological polar surface area (TPSA) is 56.5 Å². The molecule has 0 aliphatic carbocycles. The average molecular weight is 542 g/mol. The molecule has 2 heterocycles. The second-order valence-corrected chi connectivity index (χ2v) is 9.72. The number of aldehydes is 2. The molecule has 0 unspecified atom stereocenters. The number of carbonyl (C=O) groups excluding carboxylic acids is 2. The third-order valence-electron chi connectivity index (χ3n) is 7.46. The van der Waals surface area contributed by atoms with Crippen molar-refractivity contribution in [2.24, 2.45) is 14.1 Å². The first kappa shape index (κ1) is 27.2. The maximum absolute atomic E-state index is 11.3. The van der Waals surface area contributed by atoms with Gasteiger partial charge in [0.2, 0.25) is 0 Å². The van der Waals surface area contributed by atoms with Gasteiger partial charge in [-0.15, -0.1) is 0 Å². The van der Waals surface area contributed by atoms with Gasteiger partial charge in [0.15, 0.2) is 12.6 Å². The minimum absolute atomic E-state index is 0.603. The maximum Gasteiger partial charge on any atom is 0.166 e.